The van der Waals surface area contributed by atoms with E-state index in [1.54, 1.807) is 37.3 Å². The van der Waals surface area contributed by atoms with Crippen molar-refractivity contribution < 1.29 is 8.42 Å². The zero-order valence-electron chi connectivity index (χ0n) is 17.9. The lowest BCUT2D eigenvalue weighted by Gasteiger charge is -2.21. The maximum absolute atomic E-state index is 13.4. The van der Waals surface area contributed by atoms with Gasteiger partial charge < -0.3 is 5.43 Å². The molecule has 33 heavy (non-hydrogen) atoms. The third-order valence-electron chi connectivity index (χ3n) is 5.56. The van der Waals surface area contributed by atoms with Crippen molar-refractivity contribution in [1.29, 1.82) is 0 Å². The molecule has 0 radical (unpaired) electrons. The van der Waals surface area contributed by atoms with Crippen LogP contribution >= 0.6 is 34.8 Å². The van der Waals surface area contributed by atoms with Crippen molar-refractivity contribution in [1.82, 2.24) is 10.1 Å². The first-order valence-corrected chi connectivity index (χ1v) is 12.9. The molecule has 1 aliphatic heterocycles. The molecule has 9 heteroatoms. The molecule has 3 aromatic carbocycles. The summed E-state index contributed by atoms with van der Waals surface area (Å²) in [6.45, 7) is 3.62. The van der Waals surface area contributed by atoms with Crippen LogP contribution in [0.3, 0.4) is 0 Å². The lowest BCUT2D eigenvalue weighted by molar-refractivity contribution is 0.575. The highest BCUT2D eigenvalue weighted by Gasteiger charge is 2.32. The molecule has 172 valence electrons. The fraction of sp³-hybridized carbons (Fsp3) is 0.208. The molecule has 0 saturated heterocycles. The lowest BCUT2D eigenvalue weighted by atomic mass is 9.96. The maximum Gasteiger partial charge on any atom is 0.241 e. The van der Waals surface area contributed by atoms with Gasteiger partial charge in [0, 0.05) is 21.5 Å². The zero-order valence-corrected chi connectivity index (χ0v) is 21.0. The van der Waals surface area contributed by atoms with Gasteiger partial charge in [-0.2, -0.15) is 9.82 Å². The Hall–Kier alpha value is -2.09. The Morgan fingerprint density at radius 2 is 1.67 bits per heavy atom. The van der Waals surface area contributed by atoms with Crippen molar-refractivity contribution in [2.24, 2.45) is 5.10 Å². The zero-order chi connectivity index (χ0) is 23.8. The summed E-state index contributed by atoms with van der Waals surface area (Å²) in [5, 5.41) is 5.95. The van der Waals surface area contributed by atoms with Gasteiger partial charge in [-0.25, -0.2) is 8.42 Å². The summed E-state index contributed by atoms with van der Waals surface area (Å²) in [5.41, 5.74) is 6.81. The molecule has 1 heterocycles. The number of aryl methyl sites for hydroxylation is 2. The molecule has 1 aliphatic rings. The summed E-state index contributed by atoms with van der Waals surface area (Å²) in [6, 6.07) is 16.9. The van der Waals surface area contributed by atoms with Crippen LogP contribution in [0, 0.1) is 13.8 Å². The van der Waals surface area contributed by atoms with E-state index in [1.165, 1.54) is 0 Å². The fourth-order valence-corrected chi connectivity index (χ4v) is 5.97. The first kappa shape index (κ1) is 24.0. The van der Waals surface area contributed by atoms with Crippen molar-refractivity contribution in [2.75, 3.05) is 0 Å². The highest BCUT2D eigenvalue weighted by Crippen LogP contribution is 2.34. The predicted molar refractivity (Wildman–Crippen MR) is 135 cm³/mol. The van der Waals surface area contributed by atoms with E-state index in [1.807, 2.05) is 37.3 Å². The first-order chi connectivity index (χ1) is 15.6. The number of hydrogen-bond acceptors (Lipinski definition) is 4. The van der Waals surface area contributed by atoms with E-state index in [0.717, 1.165) is 11.1 Å². The van der Waals surface area contributed by atoms with Gasteiger partial charge in [0.15, 0.2) is 0 Å². The fourth-order valence-electron chi connectivity index (χ4n) is 3.79. The third-order valence-corrected chi connectivity index (χ3v) is 7.94. The van der Waals surface area contributed by atoms with Crippen LogP contribution in [-0.2, 0) is 10.0 Å². The van der Waals surface area contributed by atoms with Crippen LogP contribution in [0.25, 0.3) is 0 Å². The van der Waals surface area contributed by atoms with Crippen molar-refractivity contribution in [3.8, 4) is 0 Å². The number of halogens is 3. The van der Waals surface area contributed by atoms with E-state index in [4.69, 9.17) is 34.8 Å². The van der Waals surface area contributed by atoms with Gasteiger partial charge in [-0.1, -0.05) is 65.1 Å². The Morgan fingerprint density at radius 3 is 2.36 bits per heavy atom. The standard InChI is InChI=1S/C24H22Cl3N3O2S/c1-14-3-4-15(2)23(11-14)33(31,32)30-24(19-10-9-18(26)12-20(19)27)22-13-21(28-29-22)16-5-7-17(25)8-6-16/h3-12,21,24,28,30H,13H2,1-2H3/t21?,24-/m0/s1. The second kappa shape index (κ2) is 9.65. The number of hydrazone groups is 1. The van der Waals surface area contributed by atoms with Crippen molar-refractivity contribution in [3.63, 3.8) is 0 Å². The number of hydrogen-bond donors (Lipinski definition) is 2. The first-order valence-electron chi connectivity index (χ1n) is 10.3. The molecule has 0 amide bonds. The summed E-state index contributed by atoms with van der Waals surface area (Å²) in [7, 11) is -3.88. The van der Waals surface area contributed by atoms with Gasteiger partial charge in [0.05, 0.1) is 22.7 Å². The van der Waals surface area contributed by atoms with Crippen LogP contribution in [0.1, 0.15) is 40.8 Å². The largest absolute Gasteiger partial charge is 0.302 e. The molecule has 2 N–H and O–H groups in total. The van der Waals surface area contributed by atoms with Gasteiger partial charge >= 0.3 is 0 Å². The lowest BCUT2D eigenvalue weighted by Crippen LogP contribution is -2.34. The molecular weight excluding hydrogens is 501 g/mol. The molecule has 4 rings (SSSR count). The Balaban J connectivity index is 1.70. The van der Waals surface area contributed by atoms with Crippen molar-refractivity contribution >= 4 is 50.5 Å². The topological polar surface area (TPSA) is 70.6 Å². The molecular formula is C24H22Cl3N3O2S. The van der Waals surface area contributed by atoms with Gasteiger partial charge in [0.2, 0.25) is 10.0 Å². The molecule has 2 atom stereocenters. The smallest absolute Gasteiger partial charge is 0.241 e. The third kappa shape index (κ3) is 5.36. The van der Waals surface area contributed by atoms with Crippen molar-refractivity contribution in [3.05, 3.63) is 98.0 Å². The normalized spacial score (nSPS) is 16.9. The van der Waals surface area contributed by atoms with E-state index in [9.17, 15) is 8.42 Å². The summed E-state index contributed by atoms with van der Waals surface area (Å²) >= 11 is 18.6. The summed E-state index contributed by atoms with van der Waals surface area (Å²) < 4.78 is 29.7. The van der Waals surface area contributed by atoms with Crippen LogP contribution in [-0.4, -0.2) is 14.1 Å². The van der Waals surface area contributed by atoms with Gasteiger partial charge in [-0.3, -0.25) is 0 Å². The predicted octanol–water partition coefficient (Wildman–Crippen LogP) is 6.37. The van der Waals surface area contributed by atoms with Crippen molar-refractivity contribution in [2.45, 2.75) is 37.2 Å². The van der Waals surface area contributed by atoms with Crippen LogP contribution in [0.5, 0.6) is 0 Å². The molecule has 0 spiro atoms. The molecule has 0 saturated carbocycles. The van der Waals surface area contributed by atoms with Crippen LogP contribution in [0.15, 0.2) is 70.7 Å². The Bertz CT molecular complexity index is 1330. The van der Waals surface area contributed by atoms with Gasteiger partial charge in [0.25, 0.3) is 0 Å². The molecule has 0 bridgehead atoms. The molecule has 0 aliphatic carbocycles. The monoisotopic (exact) mass is 521 g/mol. The SMILES string of the molecule is Cc1ccc(C)c(S(=O)(=O)N[C@H](C2=NNC(c3ccc(Cl)cc3)C2)c2ccc(Cl)cc2Cl)c1. The Kier molecular flexibility index (Phi) is 7.03. The Morgan fingerprint density at radius 1 is 0.970 bits per heavy atom. The minimum atomic E-state index is -3.88. The highest BCUT2D eigenvalue weighted by molar-refractivity contribution is 7.89. The molecule has 1 unspecified atom stereocenters. The number of nitrogens with one attached hydrogen (secondary N) is 2. The minimum absolute atomic E-state index is 0.115. The van der Waals surface area contributed by atoms with E-state index in [2.05, 4.69) is 15.2 Å². The van der Waals surface area contributed by atoms with E-state index in [-0.39, 0.29) is 10.9 Å². The average molecular weight is 523 g/mol. The molecule has 3 aromatic rings. The van der Waals surface area contributed by atoms with Gasteiger partial charge in [-0.15, -0.1) is 0 Å². The van der Waals surface area contributed by atoms with E-state index < -0.39 is 16.1 Å². The molecule has 5 nitrogen and oxygen atoms in total. The number of benzene rings is 3. The summed E-state index contributed by atoms with van der Waals surface area (Å²) in [5.74, 6) is 0. The summed E-state index contributed by atoms with van der Waals surface area (Å²) in [4.78, 5) is 0.221. The van der Waals surface area contributed by atoms with Crippen LogP contribution < -0.4 is 10.1 Å². The number of sulfonamides is 1. The second-order valence-electron chi connectivity index (χ2n) is 8.03. The number of nitrogens with zero attached hydrogens (tertiary/aromatic N) is 1. The highest BCUT2D eigenvalue weighted by atomic mass is 35.5. The minimum Gasteiger partial charge on any atom is -0.302 e. The Labute approximate surface area is 208 Å². The number of rotatable bonds is 6. The van der Waals surface area contributed by atoms with Gasteiger partial charge in [0.1, 0.15) is 0 Å². The maximum atomic E-state index is 13.4. The van der Waals surface area contributed by atoms with E-state index in [0.29, 0.717) is 38.3 Å². The van der Waals surface area contributed by atoms with Gasteiger partial charge in [-0.05, 0) is 66.4 Å². The summed E-state index contributed by atoms with van der Waals surface area (Å²) in [6.07, 6.45) is 0.487. The van der Waals surface area contributed by atoms with E-state index >= 15 is 0 Å². The van der Waals surface area contributed by atoms with Crippen LogP contribution in [0.2, 0.25) is 15.1 Å². The van der Waals surface area contributed by atoms with Crippen LogP contribution in [0.4, 0.5) is 0 Å². The second-order valence-corrected chi connectivity index (χ2v) is 11.0. The molecule has 0 aromatic heterocycles. The quantitative estimate of drug-likeness (QED) is 0.395. The molecule has 0 fully saturated rings. The average Bonchev–Trinajstić information content (AvgIpc) is 3.25.